The fraction of sp³-hybridized carbons (Fsp3) is 0. The summed E-state index contributed by atoms with van der Waals surface area (Å²) in [6.07, 6.45) is 0. The van der Waals surface area contributed by atoms with E-state index in [9.17, 15) is 0 Å². The quantitative estimate of drug-likeness (QED) is 0.745. The molecule has 0 aliphatic heterocycles. The first-order valence-corrected chi connectivity index (χ1v) is 6.43. The Morgan fingerprint density at radius 2 is 1.12 bits per heavy atom. The molecular weight excluding hydrogens is 284 g/mol. The van der Waals surface area contributed by atoms with E-state index in [2.05, 4.69) is 0 Å². The Labute approximate surface area is 115 Å². The summed E-state index contributed by atoms with van der Waals surface area (Å²) in [4.78, 5) is 0. The van der Waals surface area contributed by atoms with Crippen LogP contribution in [-0.4, -0.2) is 11.1 Å². The molecule has 0 nitrogen and oxygen atoms in total. The molecule has 0 bridgehead atoms. The molecule has 0 atom stereocenters. The molecular formula is C10H6B2Cl4. The normalized spacial score (nSPS) is 10.5. The molecule has 0 N–H and O–H groups in total. The first kappa shape index (κ1) is 12.4. The van der Waals surface area contributed by atoms with Crippen LogP contribution in [0.1, 0.15) is 0 Å². The van der Waals surface area contributed by atoms with Gasteiger partial charge in [-0.05, 0) is 21.7 Å². The minimum atomic E-state index is -0.586. The van der Waals surface area contributed by atoms with E-state index in [4.69, 9.17) is 45.8 Å². The zero-order valence-electron chi connectivity index (χ0n) is 8.13. The Bertz CT molecular complexity index is 470. The van der Waals surface area contributed by atoms with Crippen molar-refractivity contribution in [3.8, 4) is 0 Å². The Morgan fingerprint density at radius 1 is 0.688 bits per heavy atom. The van der Waals surface area contributed by atoms with Gasteiger partial charge in [0, 0.05) is 0 Å². The van der Waals surface area contributed by atoms with E-state index < -0.39 is 11.1 Å². The lowest BCUT2D eigenvalue weighted by Crippen LogP contribution is -2.29. The SMILES string of the molecule is ClB(Cl)c1cccc2cccc(B(Cl)Cl)c12. The number of hydrogen-bond acceptors (Lipinski definition) is 0. The average molecular weight is 290 g/mol. The predicted molar refractivity (Wildman–Crippen MR) is 78.1 cm³/mol. The maximum atomic E-state index is 5.94. The van der Waals surface area contributed by atoms with Gasteiger partial charge < -0.3 is 0 Å². The zero-order chi connectivity index (χ0) is 11.7. The van der Waals surface area contributed by atoms with Crippen molar-refractivity contribution in [3.63, 3.8) is 0 Å². The van der Waals surface area contributed by atoms with E-state index in [1.54, 1.807) is 0 Å². The van der Waals surface area contributed by atoms with Gasteiger partial charge in [0.15, 0.2) is 0 Å². The van der Waals surface area contributed by atoms with Crippen molar-refractivity contribution in [2.24, 2.45) is 0 Å². The molecule has 16 heavy (non-hydrogen) atoms. The molecule has 0 fully saturated rings. The lowest BCUT2D eigenvalue weighted by atomic mass is 9.79. The minimum Gasteiger partial charge on any atom is -0.164 e. The van der Waals surface area contributed by atoms with Crippen LogP contribution in [0.3, 0.4) is 0 Å². The van der Waals surface area contributed by atoms with Gasteiger partial charge >= 0.3 is 11.1 Å². The number of fused-ring (bicyclic) bond motifs is 1. The van der Waals surface area contributed by atoms with Crippen LogP contribution < -0.4 is 10.9 Å². The minimum absolute atomic E-state index is 0.586. The van der Waals surface area contributed by atoms with Gasteiger partial charge in [0.25, 0.3) is 0 Å². The summed E-state index contributed by atoms with van der Waals surface area (Å²) in [5.74, 6) is 0. The van der Waals surface area contributed by atoms with Crippen LogP contribution in [0.25, 0.3) is 10.8 Å². The molecule has 0 saturated heterocycles. The second-order valence-electron chi connectivity index (χ2n) is 3.39. The van der Waals surface area contributed by atoms with Gasteiger partial charge in [0.2, 0.25) is 0 Å². The third-order valence-corrected chi connectivity index (χ3v) is 3.38. The lowest BCUT2D eigenvalue weighted by molar-refractivity contribution is 1.81. The van der Waals surface area contributed by atoms with Gasteiger partial charge in [-0.25, -0.2) is 0 Å². The molecule has 0 aliphatic carbocycles. The molecule has 0 amide bonds. The summed E-state index contributed by atoms with van der Waals surface area (Å²) in [5, 5.41) is 1.97. The van der Waals surface area contributed by atoms with Crippen molar-refractivity contribution >= 4 is 78.6 Å². The highest BCUT2D eigenvalue weighted by molar-refractivity contribution is 7.41. The van der Waals surface area contributed by atoms with E-state index in [0.29, 0.717) is 0 Å². The van der Waals surface area contributed by atoms with Gasteiger partial charge in [-0.3, -0.25) is 0 Å². The van der Waals surface area contributed by atoms with Crippen LogP contribution in [0.2, 0.25) is 0 Å². The molecule has 2 aromatic carbocycles. The van der Waals surface area contributed by atoms with E-state index in [1.807, 2.05) is 36.4 Å². The van der Waals surface area contributed by atoms with Crippen molar-refractivity contribution in [2.75, 3.05) is 0 Å². The molecule has 80 valence electrons. The highest BCUT2D eigenvalue weighted by Gasteiger charge is 2.19. The molecule has 0 unspecified atom stereocenters. The first-order valence-electron chi connectivity index (χ1n) is 4.69. The molecule has 0 saturated carbocycles. The summed E-state index contributed by atoms with van der Waals surface area (Å²) in [6.45, 7) is 0. The van der Waals surface area contributed by atoms with E-state index in [1.165, 1.54) is 0 Å². The third kappa shape index (κ3) is 2.31. The zero-order valence-corrected chi connectivity index (χ0v) is 11.2. The topological polar surface area (TPSA) is 0 Å². The van der Waals surface area contributed by atoms with Gasteiger partial charge in [-0.15, -0.1) is 0 Å². The highest BCUT2D eigenvalue weighted by Crippen LogP contribution is 2.15. The van der Waals surface area contributed by atoms with E-state index in [-0.39, 0.29) is 0 Å². The largest absolute Gasteiger partial charge is 0.383 e. The molecule has 6 heteroatoms. The third-order valence-electron chi connectivity index (χ3n) is 2.44. The first-order chi connectivity index (χ1) is 7.61. The lowest BCUT2D eigenvalue weighted by Gasteiger charge is -2.10. The fourth-order valence-electron chi connectivity index (χ4n) is 1.76. The highest BCUT2D eigenvalue weighted by atomic mass is 35.5. The molecule has 2 rings (SSSR count). The average Bonchev–Trinajstić information content (AvgIpc) is 2.27. The molecule has 0 aromatic heterocycles. The van der Waals surface area contributed by atoms with Crippen molar-refractivity contribution in [1.82, 2.24) is 0 Å². The smallest absolute Gasteiger partial charge is 0.164 e. The second-order valence-corrected chi connectivity index (χ2v) is 5.59. The molecule has 0 spiro atoms. The van der Waals surface area contributed by atoms with E-state index >= 15 is 0 Å². The molecule has 2 aromatic rings. The van der Waals surface area contributed by atoms with Crippen LogP contribution in [-0.2, 0) is 0 Å². The Balaban J connectivity index is 2.82. The molecule has 0 heterocycles. The van der Waals surface area contributed by atoms with Crippen molar-refractivity contribution in [3.05, 3.63) is 36.4 Å². The standard InChI is InChI=1S/C10H6B2Cl4/c13-11(14)8-5-1-3-7-4-2-6-9(10(7)8)12(15)16/h1-6H. The van der Waals surface area contributed by atoms with Crippen LogP contribution in [0.4, 0.5) is 0 Å². The number of benzene rings is 2. The summed E-state index contributed by atoms with van der Waals surface area (Å²) in [5.41, 5.74) is 0.499. The summed E-state index contributed by atoms with van der Waals surface area (Å²) < 4.78 is 0. The molecule has 0 aliphatic rings. The summed E-state index contributed by atoms with van der Waals surface area (Å²) in [7, 11) is 0. The van der Waals surface area contributed by atoms with Crippen molar-refractivity contribution in [1.29, 1.82) is 0 Å². The Hall–Kier alpha value is -0.0101. The predicted octanol–water partition coefficient (Wildman–Crippen LogP) is 3.19. The van der Waals surface area contributed by atoms with Crippen molar-refractivity contribution in [2.45, 2.75) is 0 Å². The van der Waals surface area contributed by atoms with Crippen LogP contribution in [0.5, 0.6) is 0 Å². The van der Waals surface area contributed by atoms with Gasteiger partial charge in [-0.1, -0.05) is 36.4 Å². The van der Waals surface area contributed by atoms with Crippen LogP contribution in [0.15, 0.2) is 36.4 Å². The summed E-state index contributed by atoms with van der Waals surface area (Å²) in [6, 6.07) is 11.6. The summed E-state index contributed by atoms with van der Waals surface area (Å²) >= 11 is 23.8. The van der Waals surface area contributed by atoms with Gasteiger partial charge in [-0.2, -0.15) is 45.8 Å². The fourth-order valence-corrected chi connectivity index (χ4v) is 2.49. The second kappa shape index (κ2) is 5.10. The maximum Gasteiger partial charge on any atom is 0.383 e. The monoisotopic (exact) mass is 288 g/mol. The number of rotatable bonds is 2. The van der Waals surface area contributed by atoms with Crippen molar-refractivity contribution < 1.29 is 0 Å². The number of hydrogen-bond donors (Lipinski definition) is 0. The van der Waals surface area contributed by atoms with E-state index in [0.717, 1.165) is 21.7 Å². The Kier molecular flexibility index (Phi) is 3.97. The maximum absolute atomic E-state index is 5.94. The van der Waals surface area contributed by atoms with Gasteiger partial charge in [0.1, 0.15) is 0 Å². The Morgan fingerprint density at radius 3 is 1.50 bits per heavy atom. The number of halogens is 4. The van der Waals surface area contributed by atoms with Crippen LogP contribution >= 0.6 is 45.8 Å². The van der Waals surface area contributed by atoms with Gasteiger partial charge in [0.05, 0.1) is 0 Å². The molecule has 0 radical (unpaired) electrons. The van der Waals surface area contributed by atoms with Crippen LogP contribution in [0, 0.1) is 0 Å².